The van der Waals surface area contributed by atoms with Crippen LogP contribution in [0.25, 0.3) is 0 Å². The zero-order chi connectivity index (χ0) is 23.2. The highest BCUT2D eigenvalue weighted by Gasteiger charge is 2.28. The highest BCUT2D eigenvalue weighted by Crippen LogP contribution is 2.24. The van der Waals surface area contributed by atoms with Crippen LogP contribution in [0, 0.1) is 23.2 Å². The first-order valence-electron chi connectivity index (χ1n) is 11.2. The summed E-state index contributed by atoms with van der Waals surface area (Å²) in [5.74, 6) is 2.48. The van der Waals surface area contributed by atoms with E-state index in [0.29, 0.717) is 11.8 Å². The zero-order valence-electron chi connectivity index (χ0n) is 21.0. The number of benzene rings is 1. The fraction of sp³-hybridized carbons (Fsp3) is 0.731. The summed E-state index contributed by atoms with van der Waals surface area (Å²) in [7, 11) is 0. The standard InChI is InChI=1S/C10H21NO2.C9H12.C7H16/c1-7(2)9(10(3,4)5)11-8(13)6-12;1-8(2)9-6-4-3-5-7-9;1-6(2)5-7(3)4/h7,9,12H,6H2,1-5H3,(H,11,13);3-8H,1-2H3;6-7H,5H2,1-4H3/t9-;;/m1../s1. The highest BCUT2D eigenvalue weighted by atomic mass is 16.3. The van der Waals surface area contributed by atoms with Gasteiger partial charge in [-0.25, -0.2) is 0 Å². The van der Waals surface area contributed by atoms with Crippen molar-refractivity contribution in [3.05, 3.63) is 35.9 Å². The lowest BCUT2D eigenvalue weighted by atomic mass is 9.80. The van der Waals surface area contributed by atoms with Crippen molar-refractivity contribution in [3.8, 4) is 0 Å². The topological polar surface area (TPSA) is 49.3 Å². The van der Waals surface area contributed by atoms with Gasteiger partial charge in [0.25, 0.3) is 0 Å². The monoisotopic (exact) mass is 407 g/mol. The van der Waals surface area contributed by atoms with Gasteiger partial charge in [0.15, 0.2) is 0 Å². The predicted molar refractivity (Wildman–Crippen MR) is 128 cm³/mol. The largest absolute Gasteiger partial charge is 0.387 e. The molecule has 3 nitrogen and oxygen atoms in total. The second-order valence-corrected chi connectivity index (χ2v) is 10.4. The van der Waals surface area contributed by atoms with Crippen LogP contribution in [0.2, 0.25) is 0 Å². The Balaban J connectivity index is 0. The molecule has 0 bridgehead atoms. The van der Waals surface area contributed by atoms with E-state index in [0.717, 1.165) is 11.8 Å². The van der Waals surface area contributed by atoms with Crippen LogP contribution in [-0.4, -0.2) is 23.7 Å². The van der Waals surface area contributed by atoms with Gasteiger partial charge < -0.3 is 10.4 Å². The summed E-state index contributed by atoms with van der Waals surface area (Å²) < 4.78 is 0. The smallest absolute Gasteiger partial charge is 0.245 e. The molecule has 0 spiro atoms. The first kappa shape index (κ1) is 29.8. The molecule has 0 heterocycles. The highest BCUT2D eigenvalue weighted by molar-refractivity contribution is 5.77. The summed E-state index contributed by atoms with van der Waals surface area (Å²) in [6, 6.07) is 10.6. The van der Waals surface area contributed by atoms with Crippen LogP contribution in [0.15, 0.2) is 30.3 Å². The van der Waals surface area contributed by atoms with Crippen LogP contribution in [0.3, 0.4) is 0 Å². The van der Waals surface area contributed by atoms with E-state index in [9.17, 15) is 4.79 Å². The molecule has 1 aromatic carbocycles. The lowest BCUT2D eigenvalue weighted by Crippen LogP contribution is -2.47. The number of aliphatic hydroxyl groups excluding tert-OH is 1. The van der Waals surface area contributed by atoms with E-state index >= 15 is 0 Å². The van der Waals surface area contributed by atoms with Gasteiger partial charge in [0, 0.05) is 6.04 Å². The molecule has 0 fully saturated rings. The van der Waals surface area contributed by atoms with Crippen molar-refractivity contribution < 1.29 is 9.90 Å². The predicted octanol–water partition coefficient (Wildman–Crippen LogP) is 6.66. The third-order valence-corrected chi connectivity index (χ3v) is 4.47. The Hall–Kier alpha value is -1.35. The molecule has 3 heteroatoms. The van der Waals surface area contributed by atoms with Crippen molar-refractivity contribution in [2.24, 2.45) is 23.2 Å². The number of carbonyl (C=O) groups is 1. The number of hydrogen-bond donors (Lipinski definition) is 2. The Morgan fingerprint density at radius 2 is 1.34 bits per heavy atom. The Bertz CT molecular complexity index is 507. The quantitative estimate of drug-likeness (QED) is 0.553. The average molecular weight is 408 g/mol. The molecule has 1 aromatic rings. The van der Waals surface area contributed by atoms with Crippen LogP contribution < -0.4 is 5.32 Å². The number of amides is 1. The van der Waals surface area contributed by atoms with E-state index in [-0.39, 0.29) is 17.4 Å². The Morgan fingerprint density at radius 1 is 0.897 bits per heavy atom. The number of aliphatic hydroxyl groups is 1. The van der Waals surface area contributed by atoms with E-state index in [2.05, 4.69) is 106 Å². The van der Waals surface area contributed by atoms with E-state index < -0.39 is 6.61 Å². The lowest BCUT2D eigenvalue weighted by molar-refractivity contribution is -0.125. The third kappa shape index (κ3) is 17.2. The van der Waals surface area contributed by atoms with Crippen molar-refractivity contribution in [2.45, 2.75) is 94.5 Å². The molecule has 170 valence electrons. The normalized spacial score (nSPS) is 12.3. The minimum absolute atomic E-state index is 0.0268. The molecule has 0 aromatic heterocycles. The summed E-state index contributed by atoms with van der Waals surface area (Å²) in [6.07, 6.45) is 1.36. The van der Waals surface area contributed by atoms with Crippen molar-refractivity contribution in [2.75, 3.05) is 6.61 Å². The molecule has 0 unspecified atom stereocenters. The van der Waals surface area contributed by atoms with Gasteiger partial charge in [-0.05, 0) is 41.1 Å². The Kier molecular flexibility index (Phi) is 15.9. The molecule has 0 radical (unpaired) electrons. The van der Waals surface area contributed by atoms with Crippen LogP contribution in [0.5, 0.6) is 0 Å². The van der Waals surface area contributed by atoms with Crippen LogP contribution in [-0.2, 0) is 4.79 Å². The molecule has 0 aliphatic heterocycles. The van der Waals surface area contributed by atoms with Crippen molar-refractivity contribution >= 4 is 5.91 Å². The van der Waals surface area contributed by atoms with Gasteiger partial charge in [0.2, 0.25) is 5.91 Å². The van der Waals surface area contributed by atoms with Gasteiger partial charge in [-0.15, -0.1) is 0 Å². The molecule has 1 atom stereocenters. The Morgan fingerprint density at radius 3 is 1.55 bits per heavy atom. The summed E-state index contributed by atoms with van der Waals surface area (Å²) in [4.78, 5) is 11.0. The van der Waals surface area contributed by atoms with Crippen molar-refractivity contribution in [3.63, 3.8) is 0 Å². The van der Waals surface area contributed by atoms with Gasteiger partial charge in [0.05, 0.1) is 0 Å². The van der Waals surface area contributed by atoms with E-state index in [1.165, 1.54) is 12.0 Å². The third-order valence-electron chi connectivity index (χ3n) is 4.47. The molecule has 0 aliphatic carbocycles. The number of nitrogens with one attached hydrogen (secondary N) is 1. The second-order valence-electron chi connectivity index (χ2n) is 10.4. The van der Waals surface area contributed by atoms with E-state index in [1.54, 1.807) is 0 Å². The molecular weight excluding hydrogens is 358 g/mol. The minimum atomic E-state index is -0.431. The first-order valence-corrected chi connectivity index (χ1v) is 11.2. The SMILES string of the molecule is CC(C)CC(C)C.CC(C)[C@@H](NC(=O)CO)C(C)(C)C.CC(C)c1ccccc1. The van der Waals surface area contributed by atoms with Gasteiger partial charge in [0.1, 0.15) is 6.61 Å². The zero-order valence-corrected chi connectivity index (χ0v) is 21.0. The van der Waals surface area contributed by atoms with Crippen LogP contribution in [0.1, 0.15) is 94.1 Å². The first-order chi connectivity index (χ1) is 13.2. The van der Waals surface area contributed by atoms with Gasteiger partial charge in [-0.3, -0.25) is 4.79 Å². The Labute approximate surface area is 181 Å². The fourth-order valence-corrected chi connectivity index (χ4v) is 3.38. The second kappa shape index (κ2) is 15.5. The van der Waals surface area contributed by atoms with E-state index in [1.807, 2.05) is 6.07 Å². The number of carbonyl (C=O) groups excluding carboxylic acids is 1. The summed E-state index contributed by atoms with van der Waals surface area (Å²) in [5.41, 5.74) is 1.44. The molecule has 0 saturated carbocycles. The summed E-state index contributed by atoms with van der Waals surface area (Å²) in [5, 5.41) is 11.4. The maximum Gasteiger partial charge on any atom is 0.245 e. The molecule has 0 aliphatic rings. The maximum absolute atomic E-state index is 11.0. The molecule has 1 amide bonds. The van der Waals surface area contributed by atoms with Gasteiger partial charge >= 0.3 is 0 Å². The molecule has 1 rings (SSSR count). The van der Waals surface area contributed by atoms with Crippen molar-refractivity contribution in [1.29, 1.82) is 0 Å². The van der Waals surface area contributed by atoms with Gasteiger partial charge in [-0.2, -0.15) is 0 Å². The molecule has 2 N–H and O–H groups in total. The van der Waals surface area contributed by atoms with Crippen molar-refractivity contribution in [1.82, 2.24) is 5.32 Å². The fourth-order valence-electron chi connectivity index (χ4n) is 3.38. The van der Waals surface area contributed by atoms with Crippen LogP contribution >= 0.6 is 0 Å². The maximum atomic E-state index is 11.0. The molecule has 0 saturated heterocycles. The van der Waals surface area contributed by atoms with E-state index in [4.69, 9.17) is 5.11 Å². The average Bonchev–Trinajstić information content (AvgIpc) is 2.58. The van der Waals surface area contributed by atoms with Gasteiger partial charge in [-0.1, -0.05) is 106 Å². The molecular formula is C26H49NO2. The number of hydrogen-bond acceptors (Lipinski definition) is 2. The lowest BCUT2D eigenvalue weighted by Gasteiger charge is -2.34. The summed E-state index contributed by atoms with van der Waals surface area (Å²) in [6.45, 7) is 23.4. The number of rotatable bonds is 6. The minimum Gasteiger partial charge on any atom is -0.387 e. The molecule has 29 heavy (non-hydrogen) atoms. The summed E-state index contributed by atoms with van der Waals surface area (Å²) >= 11 is 0. The van der Waals surface area contributed by atoms with Crippen LogP contribution in [0.4, 0.5) is 0 Å².